The zero-order chi connectivity index (χ0) is 57.0. The molecule has 1 aromatic carbocycles. The monoisotopic (exact) mass is 1100 g/mol. The summed E-state index contributed by atoms with van der Waals surface area (Å²) in [5.74, 6) is -2.27. The number of methoxy groups -OCH3 is 2. The van der Waals surface area contributed by atoms with Crippen molar-refractivity contribution in [3.8, 4) is 0 Å². The van der Waals surface area contributed by atoms with Gasteiger partial charge in [-0.25, -0.2) is 9.07 Å². The second-order valence-corrected chi connectivity index (χ2v) is 24.1. The lowest BCUT2D eigenvalue weighted by Crippen LogP contribution is -2.68. The van der Waals surface area contributed by atoms with Gasteiger partial charge in [-0.15, -0.1) is 5.10 Å². The first-order valence-corrected chi connectivity index (χ1v) is 28.4. The maximum atomic E-state index is 15.1. The van der Waals surface area contributed by atoms with Crippen molar-refractivity contribution in [3.63, 3.8) is 0 Å². The molecule has 0 radical (unpaired) electrons. The lowest BCUT2D eigenvalue weighted by molar-refractivity contribution is -0.377. The number of hydrogen-bond donors (Lipinski definition) is 3. The van der Waals surface area contributed by atoms with Crippen LogP contribution in [-0.2, 0) is 53.9 Å². The molecule has 2 aromatic rings. The zero-order valence-electron chi connectivity index (χ0n) is 48.9. The normalized spacial score (nSPS) is 38.5. The van der Waals surface area contributed by atoms with E-state index in [0.717, 1.165) is 16.7 Å². The topological polar surface area (TPSA) is 209 Å². The molecule has 5 aliphatic heterocycles. The molecule has 78 heavy (non-hydrogen) atoms. The average molecular weight is 1100 g/mol. The summed E-state index contributed by atoms with van der Waals surface area (Å²) in [5, 5.41) is 42.0. The molecule has 1 amide bonds. The Morgan fingerprint density at radius 1 is 1.01 bits per heavy atom. The second-order valence-electron chi connectivity index (χ2n) is 24.1. The molecule has 19 nitrogen and oxygen atoms in total. The molecule has 4 fully saturated rings. The number of alkyl halides is 1. The number of nitrogens with zero attached hydrogens (tertiary/aromatic N) is 6. The molecular weight excluding hydrogens is 1010 g/mol. The predicted octanol–water partition coefficient (Wildman–Crippen LogP) is 5.69. The van der Waals surface area contributed by atoms with Crippen molar-refractivity contribution in [1.29, 1.82) is 0 Å². The molecule has 0 aliphatic carbocycles. The van der Waals surface area contributed by atoms with E-state index in [2.05, 4.69) is 36.1 Å². The number of rotatable bonds is 15. The van der Waals surface area contributed by atoms with Crippen LogP contribution in [0.3, 0.4) is 0 Å². The van der Waals surface area contributed by atoms with Gasteiger partial charge in [-0.2, -0.15) is 0 Å². The van der Waals surface area contributed by atoms with Crippen LogP contribution in [0.2, 0.25) is 0 Å². The highest BCUT2D eigenvalue weighted by Crippen LogP contribution is 2.46. The smallest absolute Gasteiger partial charge is 0.311 e. The number of aromatic nitrogens is 3. The molecule has 0 saturated carbocycles. The maximum absolute atomic E-state index is 15.1. The standard InChI is InChI=1S/C58H93FN6O13/c1-15-46-58(10,70)52(68)39(7)63(12)31-34(2)27-57(9)53(37(5)49(38(6)54(69)75-46)76-48-29-56(8,72-14)28-36(4)73-48)77-55-51(78-57)44(26-35(3)74-55)62(11)23-22-43-32-65(61-60-43)45(30-59)50(71-13)42-18-16-40(17-19-42)41-20-24-64(25-21-41)47(67)33-66/h16-20,32,34-39,44-46,48-53,55,66,68,70H,15,21-31,33H2,1-14H3/t34-,35-,36+,37+,38-,39-,44+,45-,46-,48?,49+,50-,51-,52-,53-,55?,56+,57-,58-/m1/s1. The molecule has 0 bridgehead atoms. The van der Waals surface area contributed by atoms with Gasteiger partial charge in [0.2, 0.25) is 5.91 Å². The number of benzene rings is 1. The van der Waals surface area contributed by atoms with Crippen molar-refractivity contribution in [2.24, 2.45) is 17.8 Å². The fraction of sp³-hybridized carbons (Fsp3) is 0.793. The van der Waals surface area contributed by atoms with E-state index in [0.29, 0.717) is 70.4 Å². The van der Waals surface area contributed by atoms with Gasteiger partial charge in [0.05, 0.1) is 47.2 Å². The fourth-order valence-electron chi connectivity index (χ4n) is 13.2. The summed E-state index contributed by atoms with van der Waals surface area (Å²) in [6, 6.07) is 6.40. The van der Waals surface area contributed by atoms with Gasteiger partial charge in [-0.3, -0.25) is 9.59 Å². The molecule has 0 spiro atoms. The number of fused-ring (bicyclic) bond motifs is 2. The van der Waals surface area contributed by atoms with Crippen molar-refractivity contribution >= 4 is 17.4 Å². The third-order valence-corrected chi connectivity index (χ3v) is 17.9. The molecule has 19 atom stereocenters. The minimum Gasteiger partial charge on any atom is -0.459 e. The lowest BCUT2D eigenvalue weighted by atomic mass is 9.76. The van der Waals surface area contributed by atoms with Crippen LogP contribution < -0.4 is 0 Å². The lowest BCUT2D eigenvalue weighted by Gasteiger charge is -2.56. The van der Waals surface area contributed by atoms with Crippen LogP contribution in [0.4, 0.5) is 4.39 Å². The molecule has 440 valence electrons. The highest BCUT2D eigenvalue weighted by atomic mass is 19.1. The molecule has 2 unspecified atom stereocenters. The molecule has 5 aliphatic rings. The van der Waals surface area contributed by atoms with Crippen LogP contribution in [0, 0.1) is 17.8 Å². The summed E-state index contributed by atoms with van der Waals surface area (Å²) >= 11 is 0. The number of amides is 1. The van der Waals surface area contributed by atoms with E-state index >= 15 is 4.39 Å². The molecule has 3 N–H and O–H groups in total. The maximum Gasteiger partial charge on any atom is 0.311 e. The van der Waals surface area contributed by atoms with Crippen molar-refractivity contribution in [2.45, 2.75) is 211 Å². The molecule has 20 heteroatoms. The van der Waals surface area contributed by atoms with E-state index < -0.39 is 109 Å². The van der Waals surface area contributed by atoms with E-state index in [1.165, 1.54) is 6.92 Å². The van der Waals surface area contributed by atoms with Crippen LogP contribution in [0.1, 0.15) is 137 Å². The van der Waals surface area contributed by atoms with Crippen molar-refractivity contribution in [2.75, 3.05) is 67.8 Å². The first kappa shape index (κ1) is 62.1. The highest BCUT2D eigenvalue weighted by Gasteiger charge is 2.57. The van der Waals surface area contributed by atoms with E-state index in [1.807, 2.05) is 83.8 Å². The molecular formula is C58H93FN6O13. The molecule has 1 aromatic heterocycles. The van der Waals surface area contributed by atoms with Gasteiger partial charge >= 0.3 is 5.97 Å². The van der Waals surface area contributed by atoms with Gasteiger partial charge in [0.1, 0.15) is 49.3 Å². The van der Waals surface area contributed by atoms with E-state index in [1.54, 1.807) is 36.9 Å². The second kappa shape index (κ2) is 26.2. The average Bonchev–Trinajstić information content (AvgIpc) is 4.03. The molecule has 6 heterocycles. The minimum atomic E-state index is -1.78. The van der Waals surface area contributed by atoms with Gasteiger partial charge in [-0.1, -0.05) is 56.3 Å². The Morgan fingerprint density at radius 3 is 2.36 bits per heavy atom. The van der Waals surface area contributed by atoms with Crippen LogP contribution in [0.15, 0.2) is 36.5 Å². The fourth-order valence-corrected chi connectivity index (χ4v) is 13.2. The van der Waals surface area contributed by atoms with Crippen molar-refractivity contribution < 1.29 is 67.2 Å². The largest absolute Gasteiger partial charge is 0.459 e. The first-order chi connectivity index (χ1) is 36.9. The summed E-state index contributed by atoms with van der Waals surface area (Å²) in [7, 11) is 7.23. The SMILES string of the molecule is CC[C@H]1OC(=O)[C@H](C)[C@@H](OC2C[C@@](C)(OC)C[C@H](C)O2)[C@H](C)[C@H]2OC3O[C@H](C)C[C@H](N(C)CCc4cn([C@H](CF)[C@H](OC)c5ccc(C6=CCN(C(=O)CO)CC6)cc5)nn4)[C@H]3O[C@]2(C)C[C@@H](C)CN(C)[C@H](C)[C@@H](O)[C@]1(C)O. The number of hydrogen-bond acceptors (Lipinski definition) is 17. The number of halogens is 1. The van der Waals surface area contributed by atoms with Gasteiger partial charge < -0.3 is 67.9 Å². The molecule has 7 rings (SSSR count). The Labute approximate surface area is 462 Å². The van der Waals surface area contributed by atoms with E-state index in [-0.39, 0.29) is 36.5 Å². The minimum absolute atomic E-state index is 0.00740. The summed E-state index contributed by atoms with van der Waals surface area (Å²) < 4.78 is 69.7. The number of esters is 1. The molecule has 4 saturated heterocycles. The third kappa shape index (κ3) is 13.9. The Kier molecular flexibility index (Phi) is 20.8. The Morgan fingerprint density at radius 2 is 1.73 bits per heavy atom. The van der Waals surface area contributed by atoms with Crippen LogP contribution in [-0.4, -0.2) is 209 Å². The number of aliphatic hydroxyl groups is 3. The Bertz CT molecular complexity index is 2310. The van der Waals surface area contributed by atoms with Crippen LogP contribution in [0.25, 0.3) is 5.57 Å². The van der Waals surface area contributed by atoms with Gasteiger partial charge in [0.25, 0.3) is 0 Å². The van der Waals surface area contributed by atoms with Crippen molar-refractivity contribution in [3.05, 3.63) is 53.4 Å². The van der Waals surface area contributed by atoms with E-state index in [9.17, 15) is 24.9 Å². The quantitative estimate of drug-likeness (QED) is 0.183. The number of aliphatic hydroxyl groups excluding tert-OH is 2. The van der Waals surface area contributed by atoms with Gasteiger partial charge in [-0.05, 0) is 111 Å². The third-order valence-electron chi connectivity index (χ3n) is 17.9. The number of carbonyl (C=O) groups is 2. The number of ether oxygens (including phenoxy) is 8. The predicted molar refractivity (Wildman–Crippen MR) is 290 cm³/mol. The van der Waals surface area contributed by atoms with Crippen LogP contribution in [0.5, 0.6) is 0 Å². The number of likely N-dealkylation sites (N-methyl/N-ethyl adjacent to an activating group) is 2. The van der Waals surface area contributed by atoms with Gasteiger partial charge in [0, 0.05) is 83.9 Å². The Hall–Kier alpha value is -3.51. The van der Waals surface area contributed by atoms with Crippen LogP contribution >= 0.6 is 0 Å². The Balaban J connectivity index is 1.12. The zero-order valence-corrected chi connectivity index (χ0v) is 48.9. The number of cyclic esters (lactones) is 1. The summed E-state index contributed by atoms with van der Waals surface area (Å²) in [4.78, 5) is 32.5. The van der Waals surface area contributed by atoms with E-state index in [4.69, 9.17) is 37.9 Å². The summed E-state index contributed by atoms with van der Waals surface area (Å²) in [5.41, 5.74) is 0.316. The van der Waals surface area contributed by atoms with Gasteiger partial charge in [0.15, 0.2) is 12.6 Å². The highest BCUT2D eigenvalue weighted by molar-refractivity contribution is 5.79. The summed E-state index contributed by atoms with van der Waals surface area (Å²) in [6.45, 7) is 20.1. The summed E-state index contributed by atoms with van der Waals surface area (Å²) in [6.07, 6.45) is 0.653. The van der Waals surface area contributed by atoms with Crippen molar-refractivity contribution in [1.82, 2.24) is 29.7 Å². The first-order valence-electron chi connectivity index (χ1n) is 28.4. The number of carbonyl (C=O) groups excluding carboxylic acids is 2.